The van der Waals surface area contributed by atoms with E-state index in [0.29, 0.717) is 6.61 Å². The molecule has 2 nitrogen and oxygen atoms in total. The summed E-state index contributed by atoms with van der Waals surface area (Å²) in [4.78, 5) is 0. The minimum absolute atomic E-state index is 0.211. The fraction of sp³-hybridized carbons (Fsp3) is 0.368. The third kappa shape index (κ3) is 3.54. The third-order valence-corrected chi connectivity index (χ3v) is 4.23. The molecule has 1 heterocycles. The second-order valence-corrected chi connectivity index (χ2v) is 5.78. The maximum Gasteiger partial charge on any atom is 0.123 e. The predicted octanol–water partition coefficient (Wildman–Crippen LogP) is 3.93. The van der Waals surface area contributed by atoms with Gasteiger partial charge in [0.25, 0.3) is 0 Å². The number of benzene rings is 2. The molecule has 0 radical (unpaired) electrons. The molecule has 2 aromatic carbocycles. The number of aryl methyl sites for hydroxylation is 1. The van der Waals surface area contributed by atoms with Crippen LogP contribution < -0.4 is 5.32 Å². The van der Waals surface area contributed by atoms with Crippen LogP contribution in [-0.2, 0) is 17.8 Å². The van der Waals surface area contributed by atoms with Crippen molar-refractivity contribution in [1.29, 1.82) is 0 Å². The SMILES string of the molecule is CCc1ccc(-c2ccc(F)cc2COC2CCNC2)cc1. The maximum atomic E-state index is 13.6. The van der Waals surface area contributed by atoms with Crippen molar-refractivity contribution < 1.29 is 9.13 Å². The molecule has 3 heteroatoms. The van der Waals surface area contributed by atoms with E-state index in [1.54, 1.807) is 6.07 Å². The summed E-state index contributed by atoms with van der Waals surface area (Å²) in [6.45, 7) is 4.48. The van der Waals surface area contributed by atoms with Crippen molar-refractivity contribution in [2.75, 3.05) is 13.1 Å². The van der Waals surface area contributed by atoms with Gasteiger partial charge >= 0.3 is 0 Å². The van der Waals surface area contributed by atoms with E-state index in [2.05, 4.69) is 36.5 Å². The Morgan fingerprint density at radius 1 is 1.18 bits per heavy atom. The summed E-state index contributed by atoms with van der Waals surface area (Å²) in [5.74, 6) is -0.211. The van der Waals surface area contributed by atoms with Crippen LogP contribution in [0.1, 0.15) is 24.5 Å². The van der Waals surface area contributed by atoms with Crippen LogP contribution in [0.25, 0.3) is 11.1 Å². The first-order valence-corrected chi connectivity index (χ1v) is 7.96. The molecule has 1 unspecified atom stereocenters. The van der Waals surface area contributed by atoms with Gasteiger partial charge in [0, 0.05) is 6.54 Å². The zero-order valence-corrected chi connectivity index (χ0v) is 12.9. The Hall–Kier alpha value is -1.71. The molecule has 0 aliphatic carbocycles. The number of hydrogen-bond donors (Lipinski definition) is 1. The van der Waals surface area contributed by atoms with E-state index in [9.17, 15) is 4.39 Å². The van der Waals surface area contributed by atoms with Crippen LogP contribution in [0.15, 0.2) is 42.5 Å². The van der Waals surface area contributed by atoms with Gasteiger partial charge in [-0.25, -0.2) is 4.39 Å². The normalized spacial score (nSPS) is 17.8. The van der Waals surface area contributed by atoms with Gasteiger partial charge in [-0.1, -0.05) is 37.3 Å². The van der Waals surface area contributed by atoms with E-state index in [1.165, 1.54) is 11.6 Å². The van der Waals surface area contributed by atoms with Crippen LogP contribution >= 0.6 is 0 Å². The first kappa shape index (κ1) is 15.2. The largest absolute Gasteiger partial charge is 0.372 e. The Balaban J connectivity index is 1.82. The van der Waals surface area contributed by atoms with Gasteiger partial charge < -0.3 is 10.1 Å². The molecule has 1 saturated heterocycles. The van der Waals surface area contributed by atoms with Crippen molar-refractivity contribution in [2.45, 2.75) is 32.5 Å². The Kier molecular flexibility index (Phi) is 4.86. The van der Waals surface area contributed by atoms with Crippen LogP contribution in [0.5, 0.6) is 0 Å². The van der Waals surface area contributed by atoms with Gasteiger partial charge in [-0.2, -0.15) is 0 Å². The molecule has 1 fully saturated rings. The molecule has 0 aromatic heterocycles. The molecule has 1 aliphatic rings. The summed E-state index contributed by atoms with van der Waals surface area (Å²) in [5.41, 5.74) is 4.38. The van der Waals surface area contributed by atoms with Gasteiger partial charge in [0.2, 0.25) is 0 Å². The smallest absolute Gasteiger partial charge is 0.123 e. The number of halogens is 1. The van der Waals surface area contributed by atoms with E-state index < -0.39 is 0 Å². The average molecular weight is 299 g/mol. The number of hydrogen-bond acceptors (Lipinski definition) is 2. The standard InChI is InChI=1S/C19H22FNO/c1-2-14-3-5-15(6-4-14)19-8-7-17(20)11-16(19)13-22-18-9-10-21-12-18/h3-8,11,18,21H,2,9-10,12-13H2,1H3. The molecule has 2 aromatic rings. The topological polar surface area (TPSA) is 21.3 Å². The molecule has 22 heavy (non-hydrogen) atoms. The Morgan fingerprint density at radius 3 is 2.68 bits per heavy atom. The highest BCUT2D eigenvalue weighted by Crippen LogP contribution is 2.26. The van der Waals surface area contributed by atoms with Crippen LogP contribution in [0.4, 0.5) is 4.39 Å². The minimum Gasteiger partial charge on any atom is -0.372 e. The van der Waals surface area contributed by atoms with E-state index in [4.69, 9.17) is 4.74 Å². The fourth-order valence-corrected chi connectivity index (χ4v) is 2.86. The van der Waals surface area contributed by atoms with Gasteiger partial charge in [0.1, 0.15) is 5.82 Å². The fourth-order valence-electron chi connectivity index (χ4n) is 2.86. The lowest BCUT2D eigenvalue weighted by molar-refractivity contribution is 0.0543. The summed E-state index contributed by atoms with van der Waals surface area (Å²) in [6.07, 6.45) is 2.28. The lowest BCUT2D eigenvalue weighted by Gasteiger charge is -2.14. The quantitative estimate of drug-likeness (QED) is 0.903. The lowest BCUT2D eigenvalue weighted by atomic mass is 9.98. The van der Waals surface area contributed by atoms with Crippen molar-refractivity contribution in [2.24, 2.45) is 0 Å². The summed E-state index contributed by atoms with van der Waals surface area (Å²) < 4.78 is 19.5. The van der Waals surface area contributed by atoms with E-state index in [0.717, 1.165) is 42.6 Å². The number of rotatable bonds is 5. The summed E-state index contributed by atoms with van der Waals surface area (Å²) in [5, 5.41) is 3.28. The molecular formula is C19H22FNO. The predicted molar refractivity (Wildman–Crippen MR) is 87.3 cm³/mol. The van der Waals surface area contributed by atoms with Crippen LogP contribution in [0.2, 0.25) is 0 Å². The molecule has 0 amide bonds. The maximum absolute atomic E-state index is 13.6. The highest BCUT2D eigenvalue weighted by Gasteiger charge is 2.16. The Bertz CT molecular complexity index is 618. The second-order valence-electron chi connectivity index (χ2n) is 5.78. The zero-order chi connectivity index (χ0) is 15.4. The molecule has 1 N–H and O–H groups in total. The van der Waals surface area contributed by atoms with Crippen molar-refractivity contribution in [3.05, 3.63) is 59.4 Å². The van der Waals surface area contributed by atoms with Crippen molar-refractivity contribution in [3.8, 4) is 11.1 Å². The zero-order valence-electron chi connectivity index (χ0n) is 12.9. The molecule has 1 aliphatic heterocycles. The second kappa shape index (κ2) is 7.03. The molecule has 1 atom stereocenters. The summed E-state index contributed by atoms with van der Waals surface area (Å²) in [7, 11) is 0. The Labute approximate surface area is 131 Å². The molecule has 3 rings (SSSR count). The van der Waals surface area contributed by atoms with Gasteiger partial charge in [0.15, 0.2) is 0 Å². The molecular weight excluding hydrogens is 277 g/mol. The van der Waals surface area contributed by atoms with Crippen LogP contribution in [0, 0.1) is 5.82 Å². The highest BCUT2D eigenvalue weighted by molar-refractivity contribution is 5.67. The first-order valence-electron chi connectivity index (χ1n) is 7.96. The third-order valence-electron chi connectivity index (χ3n) is 4.23. The van der Waals surface area contributed by atoms with E-state index in [-0.39, 0.29) is 11.9 Å². The van der Waals surface area contributed by atoms with E-state index in [1.807, 2.05) is 6.07 Å². The van der Waals surface area contributed by atoms with Crippen molar-refractivity contribution in [1.82, 2.24) is 5.32 Å². The first-order chi connectivity index (χ1) is 10.8. The van der Waals surface area contributed by atoms with Gasteiger partial charge in [-0.3, -0.25) is 0 Å². The number of nitrogens with one attached hydrogen (secondary N) is 1. The molecule has 0 spiro atoms. The van der Waals surface area contributed by atoms with Gasteiger partial charge in [-0.15, -0.1) is 0 Å². The van der Waals surface area contributed by atoms with Crippen molar-refractivity contribution in [3.63, 3.8) is 0 Å². The minimum atomic E-state index is -0.211. The molecule has 116 valence electrons. The summed E-state index contributed by atoms with van der Waals surface area (Å²) >= 11 is 0. The lowest BCUT2D eigenvalue weighted by Crippen LogP contribution is -2.16. The van der Waals surface area contributed by atoms with Crippen molar-refractivity contribution >= 4 is 0 Å². The highest BCUT2D eigenvalue weighted by atomic mass is 19.1. The van der Waals surface area contributed by atoms with E-state index >= 15 is 0 Å². The molecule has 0 saturated carbocycles. The van der Waals surface area contributed by atoms with Gasteiger partial charge in [0.05, 0.1) is 12.7 Å². The molecule has 0 bridgehead atoms. The summed E-state index contributed by atoms with van der Waals surface area (Å²) in [6, 6.07) is 13.4. The van der Waals surface area contributed by atoms with Gasteiger partial charge in [-0.05, 0) is 53.8 Å². The van der Waals surface area contributed by atoms with Crippen LogP contribution in [0.3, 0.4) is 0 Å². The Morgan fingerprint density at radius 2 is 2.00 bits per heavy atom. The van der Waals surface area contributed by atoms with Crippen LogP contribution in [-0.4, -0.2) is 19.2 Å². The average Bonchev–Trinajstić information content (AvgIpc) is 3.07. The number of ether oxygens (including phenoxy) is 1. The monoisotopic (exact) mass is 299 g/mol.